The van der Waals surface area contributed by atoms with E-state index in [9.17, 15) is 0 Å². The van der Waals surface area contributed by atoms with E-state index in [1.54, 1.807) is 0 Å². The van der Waals surface area contributed by atoms with Gasteiger partial charge in [-0.2, -0.15) is 4.57 Å². The molecule has 0 fully saturated rings. The molecule has 1 aromatic carbocycles. The molecule has 19 heavy (non-hydrogen) atoms. The first kappa shape index (κ1) is 15.9. The van der Waals surface area contributed by atoms with Gasteiger partial charge < -0.3 is 0 Å². The molecule has 0 spiro atoms. The van der Waals surface area contributed by atoms with Crippen LogP contribution >= 0.6 is 11.8 Å². The predicted octanol–water partition coefficient (Wildman–Crippen LogP) is -2.03. The molecule has 0 unspecified atom stereocenters. The van der Waals surface area contributed by atoms with E-state index in [1.807, 2.05) is 36.0 Å². The largest absolute Gasteiger partial charge is 0.222 e. The number of rotatable bonds is 3. The maximum absolute atomic E-state index is 8.49. The second-order valence-electron chi connectivity index (χ2n) is 3.35. The minimum atomic E-state index is -4.94. The Labute approximate surface area is 117 Å². The molecule has 0 aliphatic carbocycles. The molecular formula is C12H12ClNO4S. The van der Waals surface area contributed by atoms with Crippen molar-refractivity contribution in [2.24, 2.45) is 0 Å². The summed E-state index contributed by atoms with van der Waals surface area (Å²) in [6.07, 6.45) is 4.16. The summed E-state index contributed by atoms with van der Waals surface area (Å²) in [6, 6.07) is 16.6. The second-order valence-corrected chi connectivity index (χ2v) is 5.13. The second kappa shape index (κ2) is 8.11. The average molecular weight is 302 g/mol. The van der Waals surface area contributed by atoms with Gasteiger partial charge in [0.1, 0.15) is 0 Å². The summed E-state index contributed by atoms with van der Waals surface area (Å²) in [5.41, 5.74) is 0. The first-order valence-electron chi connectivity index (χ1n) is 5.19. The SMILES string of the molecule is [O-][Cl+3]([O-])([O-])[O-].c1ccc(SC[n+]2ccccc2)cc1. The Balaban J connectivity index is 0.000000312. The van der Waals surface area contributed by atoms with Crippen LogP contribution in [0, 0.1) is 10.2 Å². The Bertz CT molecular complexity index is 419. The van der Waals surface area contributed by atoms with E-state index < -0.39 is 10.2 Å². The molecule has 1 aromatic heterocycles. The van der Waals surface area contributed by atoms with Gasteiger partial charge in [0.15, 0.2) is 18.3 Å². The van der Waals surface area contributed by atoms with Crippen LogP contribution in [0.15, 0.2) is 65.8 Å². The predicted molar refractivity (Wildman–Crippen MR) is 58.9 cm³/mol. The number of thioether (sulfide) groups is 1. The number of benzene rings is 1. The number of pyridine rings is 1. The standard InChI is InChI=1S/C12H12NS.ClHO4/c1-3-7-12(8-4-1)14-11-13-9-5-2-6-10-13;2-1(3,4)5/h1-10H,11H2;(H,2,3,4,5)/q+1;/p-1. The first-order chi connectivity index (χ1) is 8.95. The molecular weight excluding hydrogens is 290 g/mol. The summed E-state index contributed by atoms with van der Waals surface area (Å²) >= 11 is 1.84. The molecule has 0 radical (unpaired) electrons. The fraction of sp³-hybridized carbons (Fsp3) is 0.0833. The molecule has 0 aliphatic rings. The lowest BCUT2D eigenvalue weighted by Gasteiger charge is -2.17. The van der Waals surface area contributed by atoms with Gasteiger partial charge in [-0.05, 0) is 12.1 Å². The lowest BCUT2D eigenvalue weighted by Crippen LogP contribution is -2.68. The normalized spacial score (nSPS) is 10.5. The maximum Gasteiger partial charge on any atom is 0.198 e. The van der Waals surface area contributed by atoms with E-state index in [1.165, 1.54) is 4.90 Å². The highest BCUT2D eigenvalue weighted by Crippen LogP contribution is 2.16. The molecule has 0 saturated heterocycles. The Morgan fingerprint density at radius 3 is 1.84 bits per heavy atom. The van der Waals surface area contributed by atoms with Crippen molar-refractivity contribution in [1.29, 1.82) is 0 Å². The summed E-state index contributed by atoms with van der Waals surface area (Å²) in [7, 11) is -4.94. The lowest BCUT2D eigenvalue weighted by molar-refractivity contribution is -2.00. The molecule has 102 valence electrons. The maximum atomic E-state index is 8.49. The summed E-state index contributed by atoms with van der Waals surface area (Å²) in [4.78, 5) is 1.31. The first-order valence-corrected chi connectivity index (χ1v) is 7.41. The average Bonchev–Trinajstić information content (AvgIpc) is 2.37. The zero-order valence-electron chi connectivity index (χ0n) is 9.85. The van der Waals surface area contributed by atoms with Crippen molar-refractivity contribution in [3.05, 3.63) is 60.9 Å². The molecule has 0 atom stereocenters. The van der Waals surface area contributed by atoms with Gasteiger partial charge in [-0.1, -0.05) is 36.0 Å². The van der Waals surface area contributed by atoms with Crippen LogP contribution in [0.1, 0.15) is 0 Å². The highest BCUT2D eigenvalue weighted by Gasteiger charge is 1.98. The van der Waals surface area contributed by atoms with Gasteiger partial charge in [-0.25, -0.2) is 18.6 Å². The van der Waals surface area contributed by atoms with Crippen LogP contribution in [0.4, 0.5) is 0 Å². The fourth-order valence-corrected chi connectivity index (χ4v) is 2.01. The quantitative estimate of drug-likeness (QED) is 0.481. The molecule has 1 heterocycles. The van der Waals surface area contributed by atoms with Crippen LogP contribution in [0.2, 0.25) is 0 Å². The van der Waals surface area contributed by atoms with E-state index in [0.717, 1.165) is 5.88 Å². The molecule has 0 bridgehead atoms. The van der Waals surface area contributed by atoms with Crippen LogP contribution in [-0.4, -0.2) is 0 Å². The Kier molecular flexibility index (Phi) is 6.79. The molecule has 0 N–H and O–H groups in total. The van der Waals surface area contributed by atoms with Crippen molar-refractivity contribution < 1.29 is 33.4 Å². The number of halogens is 1. The van der Waals surface area contributed by atoms with E-state index in [2.05, 4.69) is 41.2 Å². The summed E-state index contributed by atoms with van der Waals surface area (Å²) < 4.78 is 36.1. The van der Waals surface area contributed by atoms with Crippen molar-refractivity contribution in [2.45, 2.75) is 10.8 Å². The highest BCUT2D eigenvalue weighted by atomic mass is 35.7. The van der Waals surface area contributed by atoms with Gasteiger partial charge >= 0.3 is 0 Å². The van der Waals surface area contributed by atoms with Gasteiger partial charge in [0.05, 0.1) is 0 Å². The highest BCUT2D eigenvalue weighted by molar-refractivity contribution is 7.98. The molecule has 2 rings (SSSR count). The molecule has 7 heteroatoms. The third-order valence-corrected chi connectivity index (χ3v) is 2.93. The van der Waals surface area contributed by atoms with Crippen molar-refractivity contribution >= 4 is 11.8 Å². The molecule has 0 aliphatic heterocycles. The topological polar surface area (TPSA) is 96.1 Å². The van der Waals surface area contributed by atoms with E-state index in [-0.39, 0.29) is 0 Å². The van der Waals surface area contributed by atoms with Gasteiger partial charge in [0.2, 0.25) is 0 Å². The molecule has 0 saturated carbocycles. The molecule has 2 aromatic rings. The van der Waals surface area contributed by atoms with Crippen LogP contribution in [0.25, 0.3) is 0 Å². The monoisotopic (exact) mass is 301 g/mol. The minimum Gasteiger partial charge on any atom is -0.222 e. The van der Waals surface area contributed by atoms with E-state index in [0.29, 0.717) is 0 Å². The Morgan fingerprint density at radius 1 is 0.842 bits per heavy atom. The van der Waals surface area contributed by atoms with E-state index >= 15 is 0 Å². The number of hydrogen-bond acceptors (Lipinski definition) is 5. The zero-order valence-corrected chi connectivity index (χ0v) is 11.4. The van der Waals surface area contributed by atoms with Gasteiger partial charge in [0, 0.05) is 17.0 Å². The lowest BCUT2D eigenvalue weighted by atomic mass is 10.4. The smallest absolute Gasteiger partial charge is 0.198 e. The fourth-order valence-electron chi connectivity index (χ4n) is 1.19. The van der Waals surface area contributed by atoms with Crippen LogP contribution in [0.3, 0.4) is 0 Å². The van der Waals surface area contributed by atoms with Crippen LogP contribution in [0.5, 0.6) is 0 Å². The van der Waals surface area contributed by atoms with Gasteiger partial charge in [0.25, 0.3) is 0 Å². The summed E-state index contributed by atoms with van der Waals surface area (Å²) in [5.74, 6) is 0.963. The van der Waals surface area contributed by atoms with Gasteiger partial charge in [-0.15, -0.1) is 10.2 Å². The molecule has 0 amide bonds. The van der Waals surface area contributed by atoms with Gasteiger partial charge in [-0.3, -0.25) is 0 Å². The summed E-state index contributed by atoms with van der Waals surface area (Å²) in [5, 5.41) is 0. The third-order valence-electron chi connectivity index (χ3n) is 1.90. The minimum absolute atomic E-state index is 0.963. The molecule has 5 nitrogen and oxygen atoms in total. The van der Waals surface area contributed by atoms with Crippen molar-refractivity contribution in [1.82, 2.24) is 0 Å². The number of hydrogen-bond donors (Lipinski definition) is 0. The van der Waals surface area contributed by atoms with Crippen molar-refractivity contribution in [3.8, 4) is 0 Å². The van der Waals surface area contributed by atoms with Crippen molar-refractivity contribution in [2.75, 3.05) is 0 Å². The number of nitrogens with zero attached hydrogens (tertiary/aromatic N) is 1. The van der Waals surface area contributed by atoms with Crippen LogP contribution < -0.4 is 23.2 Å². The summed E-state index contributed by atoms with van der Waals surface area (Å²) in [6.45, 7) is 0. The Hall–Kier alpha value is -1.15. The van der Waals surface area contributed by atoms with E-state index in [4.69, 9.17) is 18.6 Å². The zero-order chi connectivity index (χ0) is 14.1. The Morgan fingerprint density at radius 2 is 1.32 bits per heavy atom. The third kappa shape index (κ3) is 9.43. The number of aromatic nitrogens is 1. The van der Waals surface area contributed by atoms with Crippen LogP contribution in [-0.2, 0) is 5.88 Å². The van der Waals surface area contributed by atoms with Crippen molar-refractivity contribution in [3.63, 3.8) is 0 Å².